The lowest BCUT2D eigenvalue weighted by molar-refractivity contribution is 0.0952. The van der Waals surface area contributed by atoms with E-state index in [9.17, 15) is 14.2 Å². The van der Waals surface area contributed by atoms with E-state index in [0.717, 1.165) is 5.56 Å². The summed E-state index contributed by atoms with van der Waals surface area (Å²) in [7, 11) is -2.70. The lowest BCUT2D eigenvalue weighted by atomic mass is 10.1. The molecule has 28 heavy (non-hydrogen) atoms. The maximum Gasteiger partial charge on any atom is 0.747 e. The lowest BCUT2D eigenvalue weighted by Crippen LogP contribution is -2.31. The highest BCUT2D eigenvalue weighted by Crippen LogP contribution is 2.22. The van der Waals surface area contributed by atoms with Crippen LogP contribution in [0.4, 0.5) is 0 Å². The number of amides is 1. The lowest BCUT2D eigenvalue weighted by Gasteiger charge is -2.06. The summed E-state index contributed by atoms with van der Waals surface area (Å²) < 4.78 is 15.3. The number of carbonyl (C=O) groups is 1. The van der Waals surface area contributed by atoms with Crippen LogP contribution in [0.1, 0.15) is 15.9 Å². The van der Waals surface area contributed by atoms with Crippen LogP contribution in [0.5, 0.6) is 5.75 Å². The van der Waals surface area contributed by atoms with Crippen molar-refractivity contribution in [1.29, 1.82) is 0 Å². The van der Waals surface area contributed by atoms with Gasteiger partial charge in [-0.15, -0.1) is 4.89 Å². The van der Waals surface area contributed by atoms with Gasteiger partial charge in [-0.3, -0.25) is 14.6 Å². The number of hydrogen-bond donors (Lipinski definition) is 3. The SMILES string of the molecule is O=C(NCCc1ccc(O[P+](=O)O)cc1)c1cnc(-c2ccccn2)[nH]c1=O. The molecular formula is C18H16N4O5P+. The standard InChI is InChI=1S/C18H15N4O5P/c23-17(20-10-8-12-4-6-13(7-5-12)27-28(25)26)14-11-21-16(22-18(14)24)15-3-1-2-9-19-15/h1-7,9,11H,8,10H2,(H2-,20,21,22,23,24,25,26)/p+1. The van der Waals surface area contributed by atoms with Gasteiger partial charge in [-0.25, -0.2) is 9.51 Å². The van der Waals surface area contributed by atoms with Crippen LogP contribution in [0.15, 0.2) is 59.7 Å². The molecule has 3 aromatic rings. The Kier molecular flexibility index (Phi) is 6.21. The summed E-state index contributed by atoms with van der Waals surface area (Å²) in [6, 6.07) is 11.8. The topological polar surface area (TPSA) is 134 Å². The Morgan fingerprint density at radius 2 is 1.96 bits per heavy atom. The van der Waals surface area contributed by atoms with Crippen LogP contribution in [0.25, 0.3) is 11.5 Å². The van der Waals surface area contributed by atoms with E-state index in [-0.39, 0.29) is 17.1 Å². The molecule has 0 radical (unpaired) electrons. The molecule has 1 amide bonds. The highest BCUT2D eigenvalue weighted by Gasteiger charge is 2.14. The first kappa shape index (κ1) is 19.3. The number of carbonyl (C=O) groups excluding carboxylic acids is 1. The molecule has 0 aliphatic heterocycles. The highest BCUT2D eigenvalue weighted by atomic mass is 31.1. The van der Waals surface area contributed by atoms with Crippen molar-refractivity contribution >= 4 is 14.2 Å². The van der Waals surface area contributed by atoms with Gasteiger partial charge in [0, 0.05) is 23.5 Å². The predicted molar refractivity (Wildman–Crippen MR) is 101 cm³/mol. The van der Waals surface area contributed by atoms with E-state index in [1.807, 2.05) is 0 Å². The quantitative estimate of drug-likeness (QED) is 0.516. The van der Waals surface area contributed by atoms with Crippen LogP contribution in [0.3, 0.4) is 0 Å². The molecule has 142 valence electrons. The van der Waals surface area contributed by atoms with Crippen molar-refractivity contribution in [3.05, 3.63) is 76.3 Å². The molecule has 2 aromatic heterocycles. The van der Waals surface area contributed by atoms with Gasteiger partial charge in [-0.2, -0.15) is 0 Å². The summed E-state index contributed by atoms with van der Waals surface area (Å²) in [6.45, 7) is 0.300. The van der Waals surface area contributed by atoms with E-state index in [1.54, 1.807) is 48.7 Å². The van der Waals surface area contributed by atoms with Gasteiger partial charge in [-0.05, 0) is 36.2 Å². The molecule has 0 aliphatic carbocycles. The molecule has 0 saturated carbocycles. The molecule has 0 spiro atoms. The largest absolute Gasteiger partial charge is 0.747 e. The van der Waals surface area contributed by atoms with E-state index >= 15 is 0 Å². The summed E-state index contributed by atoms with van der Waals surface area (Å²) in [5, 5.41) is 2.66. The molecule has 0 aliphatic rings. The van der Waals surface area contributed by atoms with Crippen LogP contribution < -0.4 is 15.4 Å². The van der Waals surface area contributed by atoms with Gasteiger partial charge in [-0.1, -0.05) is 18.2 Å². The van der Waals surface area contributed by atoms with Crippen LogP contribution >= 0.6 is 8.25 Å². The van der Waals surface area contributed by atoms with E-state index < -0.39 is 19.7 Å². The van der Waals surface area contributed by atoms with Gasteiger partial charge in [0.1, 0.15) is 11.3 Å². The van der Waals surface area contributed by atoms with Crippen molar-refractivity contribution in [3.63, 3.8) is 0 Å². The molecule has 0 fully saturated rings. The molecule has 0 saturated heterocycles. The average Bonchev–Trinajstić information content (AvgIpc) is 2.69. The minimum Gasteiger partial charge on any atom is -0.351 e. The zero-order valence-corrected chi connectivity index (χ0v) is 15.4. The second kappa shape index (κ2) is 8.98. The Bertz CT molecular complexity index is 1040. The molecule has 10 heteroatoms. The zero-order chi connectivity index (χ0) is 19.9. The van der Waals surface area contributed by atoms with E-state index in [0.29, 0.717) is 18.7 Å². The summed E-state index contributed by atoms with van der Waals surface area (Å²) in [5.74, 6) is 0.0367. The number of nitrogens with zero attached hydrogens (tertiary/aromatic N) is 2. The fourth-order valence-corrected chi connectivity index (χ4v) is 2.71. The number of H-pyrrole nitrogens is 1. The van der Waals surface area contributed by atoms with Crippen molar-refractivity contribution in [2.45, 2.75) is 6.42 Å². The Labute approximate surface area is 160 Å². The number of hydrogen-bond acceptors (Lipinski definition) is 6. The molecule has 1 unspecified atom stereocenters. The number of nitrogens with one attached hydrogen (secondary N) is 2. The number of pyridine rings is 1. The van der Waals surface area contributed by atoms with Gasteiger partial charge in [0.2, 0.25) is 0 Å². The van der Waals surface area contributed by atoms with Crippen LogP contribution in [-0.4, -0.2) is 32.3 Å². The number of rotatable bonds is 7. The molecular weight excluding hydrogens is 383 g/mol. The van der Waals surface area contributed by atoms with Gasteiger partial charge in [0.25, 0.3) is 11.5 Å². The van der Waals surface area contributed by atoms with Gasteiger partial charge < -0.3 is 10.3 Å². The smallest absolute Gasteiger partial charge is 0.351 e. The average molecular weight is 399 g/mol. The second-order valence-corrected chi connectivity index (χ2v) is 6.33. The maximum absolute atomic E-state index is 12.2. The molecule has 9 nitrogen and oxygen atoms in total. The third-order valence-electron chi connectivity index (χ3n) is 3.76. The molecule has 2 heterocycles. The minimum absolute atomic E-state index is 0.0878. The van der Waals surface area contributed by atoms with Crippen LogP contribution in [-0.2, 0) is 11.0 Å². The molecule has 1 aromatic carbocycles. The molecule has 3 rings (SSSR count). The van der Waals surface area contributed by atoms with E-state index in [4.69, 9.17) is 4.89 Å². The first-order chi connectivity index (χ1) is 13.5. The zero-order valence-electron chi connectivity index (χ0n) is 14.5. The van der Waals surface area contributed by atoms with Gasteiger partial charge >= 0.3 is 8.25 Å². The Morgan fingerprint density at radius 1 is 1.18 bits per heavy atom. The summed E-state index contributed by atoms with van der Waals surface area (Å²) in [6.07, 6.45) is 3.31. The van der Waals surface area contributed by atoms with Crippen molar-refractivity contribution < 1.29 is 18.8 Å². The number of aromatic amines is 1. The molecule has 3 N–H and O–H groups in total. The molecule has 0 bridgehead atoms. The number of benzene rings is 1. The Hall–Kier alpha value is -3.42. The van der Waals surface area contributed by atoms with Crippen molar-refractivity contribution in [1.82, 2.24) is 20.3 Å². The molecule has 1 atom stereocenters. The normalized spacial score (nSPS) is 11.0. The fourth-order valence-electron chi connectivity index (χ4n) is 2.41. The third-order valence-corrected chi connectivity index (χ3v) is 4.12. The van der Waals surface area contributed by atoms with Crippen molar-refractivity contribution in [3.8, 4) is 17.3 Å². The van der Waals surface area contributed by atoms with E-state index in [1.165, 1.54) is 6.20 Å². The van der Waals surface area contributed by atoms with E-state index in [2.05, 4.69) is 24.8 Å². The number of aromatic nitrogens is 3. The monoisotopic (exact) mass is 399 g/mol. The van der Waals surface area contributed by atoms with Crippen LogP contribution in [0.2, 0.25) is 0 Å². The summed E-state index contributed by atoms with van der Waals surface area (Å²) in [5.41, 5.74) is 0.756. The second-order valence-electron chi connectivity index (χ2n) is 5.67. The van der Waals surface area contributed by atoms with Gasteiger partial charge in [0.15, 0.2) is 11.6 Å². The van der Waals surface area contributed by atoms with Gasteiger partial charge in [0.05, 0.1) is 0 Å². The first-order valence-corrected chi connectivity index (χ1v) is 9.38. The Balaban J connectivity index is 1.58. The summed E-state index contributed by atoms with van der Waals surface area (Å²) >= 11 is 0. The fraction of sp³-hybridized carbons (Fsp3) is 0.111. The van der Waals surface area contributed by atoms with Crippen LogP contribution in [0, 0.1) is 0 Å². The summed E-state index contributed by atoms with van der Waals surface area (Å²) in [4.78, 5) is 43.8. The van der Waals surface area contributed by atoms with Crippen molar-refractivity contribution in [2.24, 2.45) is 0 Å². The third kappa shape index (κ3) is 5.06. The van der Waals surface area contributed by atoms with Crippen molar-refractivity contribution in [2.75, 3.05) is 6.54 Å². The minimum atomic E-state index is -2.70. The first-order valence-electron chi connectivity index (χ1n) is 8.25. The Morgan fingerprint density at radius 3 is 2.61 bits per heavy atom. The maximum atomic E-state index is 12.2. The highest BCUT2D eigenvalue weighted by molar-refractivity contribution is 7.32. The predicted octanol–water partition coefficient (Wildman–Crippen LogP) is 1.83.